The Bertz CT molecular complexity index is 602. The summed E-state index contributed by atoms with van der Waals surface area (Å²) < 4.78 is 24.5. The zero-order chi connectivity index (χ0) is 20.3. The third-order valence-electron chi connectivity index (χ3n) is 6.73. The summed E-state index contributed by atoms with van der Waals surface area (Å²) in [6.07, 6.45) is 3.01. The van der Waals surface area contributed by atoms with Gasteiger partial charge in [0.25, 0.3) is 0 Å². The van der Waals surface area contributed by atoms with Crippen molar-refractivity contribution in [1.29, 1.82) is 0 Å². The van der Waals surface area contributed by atoms with E-state index < -0.39 is 14.1 Å². The summed E-state index contributed by atoms with van der Waals surface area (Å²) in [6, 6.07) is 0. The van der Waals surface area contributed by atoms with E-state index in [2.05, 4.69) is 65.6 Å². The Morgan fingerprint density at radius 1 is 1.26 bits per heavy atom. The minimum Gasteiger partial charge on any atom is -0.416 e. The van der Waals surface area contributed by atoms with Gasteiger partial charge in [-0.3, -0.25) is 0 Å². The van der Waals surface area contributed by atoms with Crippen molar-refractivity contribution < 1.29 is 18.6 Å². The SMILES string of the molecule is CC#CCOCC1=CC2(C[C@@H](C)[C@]1(C)CO[Si](C)(C)C(C)(C)C)OCCO2. The van der Waals surface area contributed by atoms with Crippen molar-refractivity contribution in [2.45, 2.75) is 71.9 Å². The molecule has 4 nitrogen and oxygen atoms in total. The molecule has 1 spiro atoms. The quantitative estimate of drug-likeness (QED) is 0.282. The second-order valence-electron chi connectivity index (χ2n) is 9.67. The molecule has 1 heterocycles. The van der Waals surface area contributed by atoms with Crippen molar-refractivity contribution in [3.63, 3.8) is 0 Å². The molecule has 2 rings (SSSR count). The van der Waals surface area contributed by atoms with Crippen LogP contribution in [0.2, 0.25) is 18.1 Å². The Morgan fingerprint density at radius 3 is 2.44 bits per heavy atom. The normalized spacial score (nSPS) is 28.0. The Labute approximate surface area is 167 Å². The van der Waals surface area contributed by atoms with Crippen LogP contribution in [0.3, 0.4) is 0 Å². The maximum atomic E-state index is 6.65. The third kappa shape index (κ3) is 5.05. The van der Waals surface area contributed by atoms with E-state index in [1.165, 1.54) is 5.57 Å². The van der Waals surface area contributed by atoms with Crippen molar-refractivity contribution in [2.75, 3.05) is 33.0 Å². The molecule has 2 aliphatic rings. The second kappa shape index (κ2) is 8.38. The molecule has 1 fully saturated rings. The topological polar surface area (TPSA) is 36.9 Å². The molecule has 0 aromatic heterocycles. The maximum absolute atomic E-state index is 6.65. The lowest BCUT2D eigenvalue weighted by atomic mass is 9.66. The van der Waals surface area contributed by atoms with Crippen LogP contribution >= 0.6 is 0 Å². The fourth-order valence-electron chi connectivity index (χ4n) is 3.40. The highest BCUT2D eigenvalue weighted by molar-refractivity contribution is 6.74. The molecule has 0 aromatic rings. The first kappa shape index (κ1) is 22.6. The van der Waals surface area contributed by atoms with Gasteiger partial charge in [0.1, 0.15) is 6.61 Å². The molecule has 5 heteroatoms. The molecule has 0 aromatic carbocycles. The lowest BCUT2D eigenvalue weighted by molar-refractivity contribution is -0.147. The Balaban J connectivity index is 2.24. The fraction of sp³-hybridized carbons (Fsp3) is 0.818. The molecule has 1 aliphatic heterocycles. The molecule has 0 radical (unpaired) electrons. The van der Waals surface area contributed by atoms with Gasteiger partial charge in [-0.15, -0.1) is 5.92 Å². The van der Waals surface area contributed by atoms with Crippen molar-refractivity contribution in [2.24, 2.45) is 11.3 Å². The largest absolute Gasteiger partial charge is 0.416 e. The highest BCUT2D eigenvalue weighted by atomic mass is 28.4. The average molecular weight is 395 g/mol. The molecular weight excluding hydrogens is 356 g/mol. The van der Waals surface area contributed by atoms with Gasteiger partial charge in [-0.2, -0.15) is 0 Å². The van der Waals surface area contributed by atoms with Crippen LogP contribution in [-0.4, -0.2) is 47.1 Å². The highest BCUT2D eigenvalue weighted by Gasteiger charge is 2.50. The van der Waals surface area contributed by atoms with Gasteiger partial charge >= 0.3 is 0 Å². The molecule has 0 amide bonds. The van der Waals surface area contributed by atoms with Crippen molar-refractivity contribution >= 4 is 8.32 Å². The number of ether oxygens (including phenoxy) is 3. The molecule has 0 unspecified atom stereocenters. The van der Waals surface area contributed by atoms with Crippen LogP contribution in [0.4, 0.5) is 0 Å². The van der Waals surface area contributed by atoms with E-state index >= 15 is 0 Å². The van der Waals surface area contributed by atoms with E-state index in [0.717, 1.165) is 6.42 Å². The summed E-state index contributed by atoms with van der Waals surface area (Å²) in [7, 11) is -1.83. The summed E-state index contributed by atoms with van der Waals surface area (Å²) in [5, 5.41) is 0.192. The van der Waals surface area contributed by atoms with Crippen LogP contribution in [-0.2, 0) is 18.6 Å². The van der Waals surface area contributed by atoms with Gasteiger partial charge in [-0.05, 0) is 42.6 Å². The molecular formula is C22H38O4Si. The minimum absolute atomic E-state index is 0.101. The van der Waals surface area contributed by atoms with Gasteiger partial charge in [-0.25, -0.2) is 0 Å². The first-order valence-corrected chi connectivity index (χ1v) is 13.0. The van der Waals surface area contributed by atoms with E-state index in [-0.39, 0.29) is 10.5 Å². The van der Waals surface area contributed by atoms with Crippen LogP contribution in [0.15, 0.2) is 11.6 Å². The third-order valence-corrected chi connectivity index (χ3v) is 11.2. The van der Waals surface area contributed by atoms with Crippen LogP contribution in [0, 0.1) is 23.2 Å². The van der Waals surface area contributed by atoms with Crippen LogP contribution in [0.25, 0.3) is 0 Å². The van der Waals surface area contributed by atoms with Gasteiger partial charge in [0.15, 0.2) is 14.1 Å². The molecule has 0 bridgehead atoms. The Hall–Kier alpha value is -0.643. The van der Waals surface area contributed by atoms with E-state index in [1.54, 1.807) is 0 Å². The van der Waals surface area contributed by atoms with Gasteiger partial charge in [0.2, 0.25) is 0 Å². The molecule has 0 saturated carbocycles. The summed E-state index contributed by atoms with van der Waals surface area (Å²) >= 11 is 0. The fourth-order valence-corrected chi connectivity index (χ4v) is 4.50. The van der Waals surface area contributed by atoms with Gasteiger partial charge in [-0.1, -0.05) is 40.5 Å². The van der Waals surface area contributed by atoms with Crippen molar-refractivity contribution in [3.05, 3.63) is 11.6 Å². The van der Waals surface area contributed by atoms with Gasteiger partial charge in [0.05, 0.1) is 19.8 Å². The zero-order valence-electron chi connectivity index (χ0n) is 18.5. The molecule has 1 saturated heterocycles. The summed E-state index contributed by atoms with van der Waals surface area (Å²) in [4.78, 5) is 0. The predicted octanol–water partition coefficient (Wildman–Crippen LogP) is 4.76. The van der Waals surface area contributed by atoms with E-state index in [9.17, 15) is 0 Å². The second-order valence-corrected chi connectivity index (χ2v) is 14.5. The lowest BCUT2D eigenvalue weighted by Crippen LogP contribution is -2.49. The van der Waals surface area contributed by atoms with Crippen molar-refractivity contribution in [1.82, 2.24) is 0 Å². The first-order chi connectivity index (χ1) is 12.5. The number of hydrogen-bond acceptors (Lipinski definition) is 4. The van der Waals surface area contributed by atoms with Gasteiger partial charge < -0.3 is 18.6 Å². The first-order valence-electron chi connectivity index (χ1n) is 10.1. The smallest absolute Gasteiger partial charge is 0.192 e. The average Bonchev–Trinajstić information content (AvgIpc) is 3.01. The van der Waals surface area contributed by atoms with Crippen LogP contribution in [0.5, 0.6) is 0 Å². The number of hydrogen-bond donors (Lipinski definition) is 0. The van der Waals surface area contributed by atoms with Crippen molar-refractivity contribution in [3.8, 4) is 11.8 Å². The van der Waals surface area contributed by atoms with Gasteiger partial charge in [0, 0.05) is 18.4 Å². The summed E-state index contributed by atoms with van der Waals surface area (Å²) in [5.41, 5.74) is 1.11. The predicted molar refractivity (Wildman–Crippen MR) is 112 cm³/mol. The molecule has 154 valence electrons. The summed E-state index contributed by atoms with van der Waals surface area (Å²) in [6.45, 7) is 20.9. The maximum Gasteiger partial charge on any atom is 0.192 e. The zero-order valence-corrected chi connectivity index (χ0v) is 19.5. The Kier molecular flexibility index (Phi) is 7.03. The molecule has 1 aliphatic carbocycles. The monoisotopic (exact) mass is 394 g/mol. The number of rotatable bonds is 6. The minimum atomic E-state index is -1.83. The summed E-state index contributed by atoms with van der Waals surface area (Å²) in [5.74, 6) is 5.63. The Morgan fingerprint density at radius 2 is 1.89 bits per heavy atom. The highest BCUT2D eigenvalue weighted by Crippen LogP contribution is 2.49. The molecule has 27 heavy (non-hydrogen) atoms. The van der Waals surface area contributed by atoms with Crippen LogP contribution < -0.4 is 0 Å². The lowest BCUT2D eigenvalue weighted by Gasteiger charge is -2.48. The van der Waals surface area contributed by atoms with E-state index in [0.29, 0.717) is 39.0 Å². The molecule has 0 N–H and O–H groups in total. The van der Waals surface area contributed by atoms with Crippen LogP contribution in [0.1, 0.15) is 48.0 Å². The molecule has 2 atom stereocenters. The standard InChI is InChI=1S/C22H38O4Si/c1-9-10-11-23-16-19-15-22(24-12-13-25-22)14-18(2)21(19,6)17-26-27(7,8)20(3,4)5/h15,18H,11-14,16-17H2,1-8H3/t18-,21+/m1/s1. The van der Waals surface area contributed by atoms with E-state index in [1.807, 2.05) is 6.92 Å². The van der Waals surface area contributed by atoms with E-state index in [4.69, 9.17) is 18.6 Å².